The molecule has 2 nitrogen and oxygen atoms in total. The van der Waals surface area contributed by atoms with E-state index in [-0.39, 0.29) is 21.5 Å². The van der Waals surface area contributed by atoms with Crippen LogP contribution >= 0.6 is 58.0 Å². The molecule has 134 valence electrons. The van der Waals surface area contributed by atoms with Crippen LogP contribution in [0.2, 0.25) is 25.1 Å². The molecule has 26 heavy (non-hydrogen) atoms. The van der Waals surface area contributed by atoms with Gasteiger partial charge < -0.3 is 10.2 Å². The first-order valence-electron chi connectivity index (χ1n) is 7.39. The van der Waals surface area contributed by atoms with Crippen LogP contribution in [-0.4, -0.2) is 10.2 Å². The van der Waals surface area contributed by atoms with Crippen LogP contribution in [-0.2, 0) is 0 Å². The molecule has 0 spiro atoms. The van der Waals surface area contributed by atoms with E-state index in [0.29, 0.717) is 31.8 Å². The number of halogens is 5. The zero-order valence-corrected chi connectivity index (χ0v) is 16.8. The summed E-state index contributed by atoms with van der Waals surface area (Å²) < 4.78 is 0. The Morgan fingerprint density at radius 1 is 0.615 bits per heavy atom. The highest BCUT2D eigenvalue weighted by atomic mass is 35.5. The number of phenolic OH excluding ortho intramolecular Hbond substituents is 2. The SMILES string of the molecule is Oc1c(Cl)cc(Cl)cc1C(c1cccc(Cl)c1)c1cc(Cl)cc(Cl)c1O. The minimum Gasteiger partial charge on any atom is -0.506 e. The van der Waals surface area contributed by atoms with E-state index >= 15 is 0 Å². The van der Waals surface area contributed by atoms with Crippen molar-refractivity contribution in [3.8, 4) is 11.5 Å². The molecule has 0 aliphatic carbocycles. The molecule has 2 N–H and O–H groups in total. The molecular weight excluding hydrogens is 437 g/mol. The van der Waals surface area contributed by atoms with Gasteiger partial charge in [0.25, 0.3) is 0 Å². The average Bonchev–Trinajstić information content (AvgIpc) is 2.56. The highest BCUT2D eigenvalue weighted by molar-refractivity contribution is 6.36. The van der Waals surface area contributed by atoms with Gasteiger partial charge in [0.05, 0.1) is 10.0 Å². The molecule has 0 fully saturated rings. The maximum atomic E-state index is 10.5. The summed E-state index contributed by atoms with van der Waals surface area (Å²) in [6, 6.07) is 13.0. The van der Waals surface area contributed by atoms with Gasteiger partial charge in [-0.2, -0.15) is 0 Å². The van der Waals surface area contributed by atoms with Crippen LogP contribution in [0.5, 0.6) is 11.5 Å². The first-order chi connectivity index (χ1) is 12.3. The van der Waals surface area contributed by atoms with Gasteiger partial charge in [-0.05, 0) is 42.0 Å². The van der Waals surface area contributed by atoms with Crippen molar-refractivity contribution in [2.75, 3.05) is 0 Å². The Labute approximate surface area is 175 Å². The molecule has 0 saturated carbocycles. The second kappa shape index (κ2) is 7.75. The van der Waals surface area contributed by atoms with Crippen molar-refractivity contribution in [1.29, 1.82) is 0 Å². The van der Waals surface area contributed by atoms with Crippen LogP contribution in [0.25, 0.3) is 0 Å². The van der Waals surface area contributed by atoms with Gasteiger partial charge >= 0.3 is 0 Å². The summed E-state index contributed by atoms with van der Waals surface area (Å²) in [5.74, 6) is -0.964. The van der Waals surface area contributed by atoms with Gasteiger partial charge in [-0.1, -0.05) is 70.1 Å². The number of hydrogen-bond acceptors (Lipinski definition) is 2. The summed E-state index contributed by atoms with van der Waals surface area (Å²) in [6.45, 7) is 0. The Hall–Kier alpha value is -1.29. The van der Waals surface area contributed by atoms with E-state index < -0.39 is 5.92 Å². The minimum absolute atomic E-state index is 0.0899. The van der Waals surface area contributed by atoms with Crippen molar-refractivity contribution >= 4 is 58.0 Å². The van der Waals surface area contributed by atoms with E-state index in [4.69, 9.17) is 58.0 Å². The lowest BCUT2D eigenvalue weighted by molar-refractivity contribution is 0.459. The molecular formula is C19H11Cl5O2. The zero-order valence-electron chi connectivity index (χ0n) is 13.0. The predicted octanol–water partition coefficient (Wildman–Crippen LogP) is 7.55. The fourth-order valence-electron chi connectivity index (χ4n) is 2.82. The quantitative estimate of drug-likeness (QED) is 0.406. The third kappa shape index (κ3) is 3.85. The summed E-state index contributed by atoms with van der Waals surface area (Å²) in [6.07, 6.45) is 0. The largest absolute Gasteiger partial charge is 0.506 e. The van der Waals surface area contributed by atoms with E-state index in [0.717, 1.165) is 0 Å². The van der Waals surface area contributed by atoms with Crippen LogP contribution < -0.4 is 0 Å². The lowest BCUT2D eigenvalue weighted by atomic mass is 9.84. The number of hydrogen-bond donors (Lipinski definition) is 2. The van der Waals surface area contributed by atoms with Crippen molar-refractivity contribution in [1.82, 2.24) is 0 Å². The van der Waals surface area contributed by atoms with Crippen molar-refractivity contribution in [2.24, 2.45) is 0 Å². The van der Waals surface area contributed by atoms with E-state index in [9.17, 15) is 10.2 Å². The third-order valence-corrected chi connectivity index (χ3v) is 5.17. The smallest absolute Gasteiger partial charge is 0.138 e. The zero-order chi connectivity index (χ0) is 19.0. The Morgan fingerprint density at radius 3 is 1.58 bits per heavy atom. The lowest BCUT2D eigenvalue weighted by Crippen LogP contribution is -2.05. The van der Waals surface area contributed by atoms with Crippen LogP contribution in [0.3, 0.4) is 0 Å². The van der Waals surface area contributed by atoms with E-state index in [1.54, 1.807) is 36.4 Å². The highest BCUT2D eigenvalue weighted by Crippen LogP contribution is 2.46. The summed E-state index contributed by atoms with van der Waals surface area (Å²) in [4.78, 5) is 0. The van der Waals surface area contributed by atoms with Crippen LogP contribution in [0.15, 0.2) is 48.5 Å². The molecule has 0 saturated heterocycles. The van der Waals surface area contributed by atoms with E-state index in [1.165, 1.54) is 12.1 Å². The monoisotopic (exact) mass is 446 g/mol. The molecule has 3 aromatic carbocycles. The van der Waals surface area contributed by atoms with Gasteiger partial charge in [0.1, 0.15) is 11.5 Å². The summed E-state index contributed by atoms with van der Waals surface area (Å²) in [7, 11) is 0. The van der Waals surface area contributed by atoms with Gasteiger partial charge in [0.15, 0.2) is 0 Å². The molecule has 0 aromatic heterocycles. The molecule has 0 aliphatic rings. The normalized spacial score (nSPS) is 11.2. The Balaban J connectivity index is 2.36. The van der Waals surface area contributed by atoms with Gasteiger partial charge in [-0.15, -0.1) is 0 Å². The molecule has 0 unspecified atom stereocenters. The standard InChI is InChI=1S/C19H11Cl5O2/c20-10-3-1-2-9(4-10)17(13-5-11(21)7-15(23)18(13)25)14-6-12(22)8-16(24)19(14)26/h1-8,17,25-26H. The second-order valence-electron chi connectivity index (χ2n) is 5.64. The molecule has 3 rings (SSSR count). The average molecular weight is 449 g/mol. The topological polar surface area (TPSA) is 40.5 Å². The molecule has 3 aromatic rings. The van der Waals surface area contributed by atoms with Crippen LogP contribution in [0.1, 0.15) is 22.6 Å². The third-order valence-electron chi connectivity index (χ3n) is 3.92. The minimum atomic E-state index is -0.652. The van der Waals surface area contributed by atoms with E-state index in [1.807, 2.05) is 0 Å². The van der Waals surface area contributed by atoms with Crippen LogP contribution in [0.4, 0.5) is 0 Å². The number of rotatable bonds is 3. The molecule has 0 heterocycles. The molecule has 0 radical (unpaired) electrons. The van der Waals surface area contributed by atoms with Gasteiger partial charge in [-0.3, -0.25) is 0 Å². The second-order valence-corrected chi connectivity index (χ2v) is 7.76. The Bertz CT molecular complexity index is 930. The highest BCUT2D eigenvalue weighted by Gasteiger charge is 2.26. The van der Waals surface area contributed by atoms with Crippen molar-refractivity contribution in [2.45, 2.75) is 5.92 Å². The molecule has 7 heteroatoms. The summed E-state index contributed by atoms with van der Waals surface area (Å²) in [5.41, 5.74) is 1.47. The first kappa shape index (κ1) is 19.5. The summed E-state index contributed by atoms with van der Waals surface area (Å²) in [5, 5.41) is 22.4. The lowest BCUT2D eigenvalue weighted by Gasteiger charge is -2.22. The van der Waals surface area contributed by atoms with Gasteiger partial charge in [0, 0.05) is 32.1 Å². The summed E-state index contributed by atoms with van der Waals surface area (Å²) >= 11 is 30.6. The maximum Gasteiger partial charge on any atom is 0.138 e. The number of benzene rings is 3. The Morgan fingerprint density at radius 2 is 1.12 bits per heavy atom. The van der Waals surface area contributed by atoms with Gasteiger partial charge in [0.2, 0.25) is 0 Å². The maximum absolute atomic E-state index is 10.5. The van der Waals surface area contributed by atoms with Crippen molar-refractivity contribution in [3.05, 3.63) is 90.3 Å². The first-order valence-corrected chi connectivity index (χ1v) is 9.28. The van der Waals surface area contributed by atoms with Crippen molar-refractivity contribution < 1.29 is 10.2 Å². The predicted molar refractivity (Wildman–Crippen MR) is 109 cm³/mol. The molecule has 0 aliphatic heterocycles. The fourth-order valence-corrected chi connectivity index (χ4v) is 4.04. The molecule has 0 atom stereocenters. The van der Waals surface area contributed by atoms with Crippen molar-refractivity contribution in [3.63, 3.8) is 0 Å². The number of aromatic hydroxyl groups is 2. The number of phenols is 2. The van der Waals surface area contributed by atoms with Crippen LogP contribution in [0, 0.1) is 0 Å². The van der Waals surface area contributed by atoms with E-state index in [2.05, 4.69) is 0 Å². The molecule has 0 bridgehead atoms. The Kier molecular flexibility index (Phi) is 5.81. The van der Waals surface area contributed by atoms with Gasteiger partial charge in [-0.25, -0.2) is 0 Å². The fraction of sp³-hybridized carbons (Fsp3) is 0.0526. The molecule has 0 amide bonds.